The normalized spacial score (nSPS) is 15.0. The molecule has 21 heavy (non-hydrogen) atoms. The van der Waals surface area contributed by atoms with Gasteiger partial charge in [0.25, 0.3) is 0 Å². The predicted molar refractivity (Wildman–Crippen MR) is 78.6 cm³/mol. The highest BCUT2D eigenvalue weighted by Gasteiger charge is 2.16. The molecule has 1 fully saturated rings. The average molecular weight is 290 g/mol. The zero-order chi connectivity index (χ0) is 15.2. The Balaban J connectivity index is 1.75. The molecule has 0 aliphatic carbocycles. The zero-order valence-corrected chi connectivity index (χ0v) is 12.7. The van der Waals surface area contributed by atoms with Gasteiger partial charge in [0.05, 0.1) is 13.2 Å². The number of carbonyl (C=O) groups is 1. The third-order valence-corrected chi connectivity index (χ3v) is 3.95. The van der Waals surface area contributed by atoms with Crippen LogP contribution in [0.15, 0.2) is 6.07 Å². The Hall–Kier alpha value is -1.84. The predicted octanol–water partition coefficient (Wildman–Crippen LogP) is 0.544. The molecule has 2 rings (SSSR count). The van der Waals surface area contributed by atoms with Crippen molar-refractivity contribution >= 4 is 5.91 Å². The zero-order valence-electron chi connectivity index (χ0n) is 12.7. The summed E-state index contributed by atoms with van der Waals surface area (Å²) in [6, 6.07) is 4.07. The van der Waals surface area contributed by atoms with E-state index in [0.717, 1.165) is 11.3 Å². The Kier molecular flexibility index (Phi) is 5.37. The van der Waals surface area contributed by atoms with E-state index in [1.54, 1.807) is 0 Å². The molecule has 6 nitrogen and oxygen atoms in total. The van der Waals surface area contributed by atoms with Crippen molar-refractivity contribution in [3.05, 3.63) is 23.0 Å². The molecule has 0 atom stereocenters. The molecule has 114 valence electrons. The summed E-state index contributed by atoms with van der Waals surface area (Å²) < 4.78 is 7.12. The molecule has 1 amide bonds. The highest BCUT2D eigenvalue weighted by molar-refractivity contribution is 5.76. The van der Waals surface area contributed by atoms with E-state index in [1.165, 1.54) is 0 Å². The first-order chi connectivity index (χ1) is 10.1. The lowest BCUT2D eigenvalue weighted by Gasteiger charge is -2.26. The average Bonchev–Trinajstić information content (AvgIpc) is 2.80. The van der Waals surface area contributed by atoms with Crippen LogP contribution in [0.3, 0.4) is 0 Å². The van der Waals surface area contributed by atoms with Crippen molar-refractivity contribution in [3.8, 4) is 6.07 Å². The maximum absolute atomic E-state index is 12.0. The molecule has 0 radical (unpaired) electrons. The topological polar surface area (TPSA) is 70.3 Å². The molecular formula is C15H22N4O2. The third-order valence-electron chi connectivity index (χ3n) is 3.95. The number of carbonyl (C=O) groups excluding carboxylic acids is 1. The number of hydrogen-bond donors (Lipinski definition) is 1. The fraction of sp³-hybridized carbons (Fsp3) is 0.600. The first kappa shape index (κ1) is 15.5. The number of amides is 1. The minimum atomic E-state index is 0.174. The lowest BCUT2D eigenvalue weighted by molar-refractivity contribution is -0.135. The molecule has 1 aliphatic rings. The van der Waals surface area contributed by atoms with E-state index in [4.69, 9.17) is 10.00 Å². The lowest BCUT2D eigenvalue weighted by atomic mass is 10.2. The minimum absolute atomic E-state index is 0.174. The van der Waals surface area contributed by atoms with Gasteiger partial charge in [-0.25, -0.2) is 0 Å². The molecule has 0 unspecified atom stereocenters. The number of nitriles is 1. The molecule has 0 spiro atoms. The number of hydrogen-bond acceptors (Lipinski definition) is 4. The molecule has 1 N–H and O–H groups in total. The summed E-state index contributed by atoms with van der Waals surface area (Å²) in [5.41, 5.74) is 2.85. The quantitative estimate of drug-likeness (QED) is 0.804. The molecule has 0 bridgehead atoms. The highest BCUT2D eigenvalue weighted by Crippen LogP contribution is 2.12. The van der Waals surface area contributed by atoms with E-state index in [0.29, 0.717) is 51.5 Å². The van der Waals surface area contributed by atoms with E-state index >= 15 is 0 Å². The van der Waals surface area contributed by atoms with E-state index in [2.05, 4.69) is 11.4 Å². The monoisotopic (exact) mass is 290 g/mol. The molecule has 1 aromatic rings. The van der Waals surface area contributed by atoms with Crippen LogP contribution in [0.25, 0.3) is 0 Å². The van der Waals surface area contributed by atoms with Crippen molar-refractivity contribution in [2.75, 3.05) is 32.8 Å². The smallest absolute Gasteiger partial charge is 0.224 e. The summed E-state index contributed by atoms with van der Waals surface area (Å²) >= 11 is 0. The van der Waals surface area contributed by atoms with Gasteiger partial charge in [0.15, 0.2) is 0 Å². The number of rotatable bonds is 5. The summed E-state index contributed by atoms with van der Waals surface area (Å²) in [6.45, 7) is 5.99. The Morgan fingerprint density at radius 1 is 1.48 bits per heavy atom. The van der Waals surface area contributed by atoms with Crippen LogP contribution in [0.4, 0.5) is 0 Å². The van der Waals surface area contributed by atoms with E-state index in [9.17, 15) is 4.79 Å². The van der Waals surface area contributed by atoms with Crippen LogP contribution in [0.5, 0.6) is 0 Å². The van der Waals surface area contributed by atoms with Crippen molar-refractivity contribution in [2.24, 2.45) is 7.05 Å². The fourth-order valence-corrected chi connectivity index (χ4v) is 2.44. The fourth-order valence-electron chi connectivity index (χ4n) is 2.44. The largest absolute Gasteiger partial charge is 0.378 e. The van der Waals surface area contributed by atoms with Gasteiger partial charge in [-0.05, 0) is 18.6 Å². The summed E-state index contributed by atoms with van der Waals surface area (Å²) in [5, 5.41) is 12.3. The van der Waals surface area contributed by atoms with Crippen LogP contribution in [-0.2, 0) is 23.1 Å². The van der Waals surface area contributed by atoms with E-state index in [-0.39, 0.29) is 5.91 Å². The van der Waals surface area contributed by atoms with Gasteiger partial charge in [0.1, 0.15) is 11.8 Å². The van der Waals surface area contributed by atoms with E-state index < -0.39 is 0 Å². The molecule has 1 saturated heterocycles. The Labute approximate surface area is 125 Å². The van der Waals surface area contributed by atoms with Crippen LogP contribution in [0, 0.1) is 18.3 Å². The SMILES string of the molecule is Cc1c(CNCCC(=O)N2CCOCC2)cc(C#N)n1C. The number of nitrogens with one attached hydrogen (secondary N) is 1. The number of ether oxygens (including phenoxy) is 1. The van der Waals surface area contributed by atoms with Crippen LogP contribution < -0.4 is 5.32 Å². The third kappa shape index (κ3) is 3.84. The van der Waals surface area contributed by atoms with Gasteiger partial charge in [-0.2, -0.15) is 5.26 Å². The standard InChI is InChI=1S/C15H22N4O2/c1-12-13(9-14(10-16)18(12)2)11-17-4-3-15(20)19-5-7-21-8-6-19/h9,17H,3-8,11H2,1-2H3. The van der Waals surface area contributed by atoms with Gasteiger partial charge in [0, 0.05) is 45.3 Å². The van der Waals surface area contributed by atoms with Crippen molar-refractivity contribution in [1.82, 2.24) is 14.8 Å². The van der Waals surface area contributed by atoms with Gasteiger partial charge < -0.3 is 19.5 Å². The number of aromatic nitrogens is 1. The molecule has 6 heteroatoms. The van der Waals surface area contributed by atoms with E-state index in [1.807, 2.05) is 29.5 Å². The van der Waals surface area contributed by atoms with Crippen molar-refractivity contribution in [3.63, 3.8) is 0 Å². The Morgan fingerprint density at radius 3 is 2.81 bits per heavy atom. The second kappa shape index (κ2) is 7.25. The van der Waals surface area contributed by atoms with Crippen molar-refractivity contribution in [1.29, 1.82) is 5.26 Å². The molecule has 2 heterocycles. The first-order valence-corrected chi connectivity index (χ1v) is 7.25. The number of nitrogens with zero attached hydrogens (tertiary/aromatic N) is 3. The molecular weight excluding hydrogens is 268 g/mol. The van der Waals surface area contributed by atoms with Crippen LogP contribution in [0.2, 0.25) is 0 Å². The summed E-state index contributed by atoms with van der Waals surface area (Å²) in [5.74, 6) is 0.174. The summed E-state index contributed by atoms with van der Waals surface area (Å²) in [6.07, 6.45) is 0.497. The molecule has 1 aromatic heterocycles. The van der Waals surface area contributed by atoms with Gasteiger partial charge in [-0.15, -0.1) is 0 Å². The van der Waals surface area contributed by atoms with Crippen molar-refractivity contribution in [2.45, 2.75) is 19.9 Å². The van der Waals surface area contributed by atoms with Crippen LogP contribution in [-0.4, -0.2) is 48.2 Å². The first-order valence-electron chi connectivity index (χ1n) is 7.25. The van der Waals surface area contributed by atoms with Crippen LogP contribution in [0.1, 0.15) is 23.4 Å². The minimum Gasteiger partial charge on any atom is -0.378 e. The summed E-state index contributed by atoms with van der Waals surface area (Å²) in [4.78, 5) is 13.8. The maximum atomic E-state index is 12.0. The Morgan fingerprint density at radius 2 is 2.19 bits per heavy atom. The maximum Gasteiger partial charge on any atom is 0.224 e. The molecule has 1 aliphatic heterocycles. The van der Waals surface area contributed by atoms with Gasteiger partial charge in [0.2, 0.25) is 5.91 Å². The van der Waals surface area contributed by atoms with Gasteiger partial charge in [-0.3, -0.25) is 4.79 Å². The van der Waals surface area contributed by atoms with Crippen LogP contribution >= 0.6 is 0 Å². The second-order valence-corrected chi connectivity index (χ2v) is 5.23. The molecule has 0 aromatic carbocycles. The van der Waals surface area contributed by atoms with Crippen molar-refractivity contribution < 1.29 is 9.53 Å². The Bertz CT molecular complexity index is 539. The van der Waals surface area contributed by atoms with Gasteiger partial charge in [-0.1, -0.05) is 0 Å². The molecule has 0 saturated carbocycles. The highest BCUT2D eigenvalue weighted by atomic mass is 16.5. The summed E-state index contributed by atoms with van der Waals surface area (Å²) in [7, 11) is 1.89. The lowest BCUT2D eigenvalue weighted by Crippen LogP contribution is -2.41. The van der Waals surface area contributed by atoms with Gasteiger partial charge >= 0.3 is 0 Å². The second-order valence-electron chi connectivity index (χ2n) is 5.23. The number of morpholine rings is 1.